The number of hydrogen-bond acceptors (Lipinski definition) is 5. The van der Waals surface area contributed by atoms with Crippen molar-refractivity contribution < 1.29 is 13.6 Å². The summed E-state index contributed by atoms with van der Waals surface area (Å²) in [6.07, 6.45) is 0. The highest BCUT2D eigenvalue weighted by atomic mass is 79.9. The van der Waals surface area contributed by atoms with Crippen molar-refractivity contribution in [2.45, 2.75) is 0 Å². The second-order valence-electron chi connectivity index (χ2n) is 3.96. The van der Waals surface area contributed by atoms with E-state index >= 15 is 0 Å². The van der Waals surface area contributed by atoms with Gasteiger partial charge in [-0.2, -0.15) is 9.36 Å². The molecule has 0 saturated carbocycles. The number of anilines is 1. The van der Waals surface area contributed by atoms with Crippen LogP contribution in [0.1, 0.15) is 10.4 Å². The van der Waals surface area contributed by atoms with Gasteiger partial charge in [-0.15, -0.1) is 0 Å². The van der Waals surface area contributed by atoms with Crippen molar-refractivity contribution in [3.05, 3.63) is 52.4 Å². The summed E-state index contributed by atoms with van der Waals surface area (Å²) in [6.45, 7) is 0. The van der Waals surface area contributed by atoms with E-state index in [4.69, 9.17) is 4.42 Å². The maximum atomic E-state index is 13.5. The maximum absolute atomic E-state index is 13.5. The highest BCUT2D eigenvalue weighted by molar-refractivity contribution is 9.10. The van der Waals surface area contributed by atoms with E-state index in [0.717, 1.165) is 11.5 Å². The summed E-state index contributed by atoms with van der Waals surface area (Å²) in [4.78, 5) is 16.1. The molecule has 3 rings (SSSR count). The second-order valence-corrected chi connectivity index (χ2v) is 5.49. The van der Waals surface area contributed by atoms with Crippen molar-refractivity contribution >= 4 is 38.5 Å². The molecule has 106 valence electrons. The number of nitrogens with one attached hydrogen (secondary N) is 1. The van der Waals surface area contributed by atoms with Crippen LogP contribution in [0.4, 0.5) is 9.52 Å². The Morgan fingerprint density at radius 1 is 1.29 bits per heavy atom. The average molecular weight is 368 g/mol. The Hall–Kier alpha value is -2.06. The normalized spacial score (nSPS) is 10.6. The van der Waals surface area contributed by atoms with Crippen LogP contribution in [0.5, 0.6) is 0 Å². The van der Waals surface area contributed by atoms with E-state index in [-0.39, 0.29) is 10.7 Å². The first-order valence-corrected chi connectivity index (χ1v) is 7.35. The smallest absolute Gasteiger partial charge is 0.260 e. The molecule has 0 spiro atoms. The molecule has 0 unspecified atom stereocenters. The number of benzene rings is 1. The molecule has 0 atom stereocenters. The molecule has 1 N–H and O–H groups in total. The number of furan rings is 1. The van der Waals surface area contributed by atoms with Crippen molar-refractivity contribution in [3.63, 3.8) is 0 Å². The molecule has 2 heterocycles. The molecule has 5 nitrogen and oxygen atoms in total. The lowest BCUT2D eigenvalue weighted by Crippen LogP contribution is -2.13. The molecule has 1 aromatic carbocycles. The van der Waals surface area contributed by atoms with Gasteiger partial charge < -0.3 is 4.42 Å². The van der Waals surface area contributed by atoms with E-state index in [1.54, 1.807) is 18.2 Å². The summed E-state index contributed by atoms with van der Waals surface area (Å²) in [6, 6.07) is 9.15. The van der Waals surface area contributed by atoms with Gasteiger partial charge in [0.1, 0.15) is 5.82 Å². The van der Waals surface area contributed by atoms with Gasteiger partial charge in [0.2, 0.25) is 11.0 Å². The van der Waals surface area contributed by atoms with Crippen LogP contribution in [-0.2, 0) is 0 Å². The van der Waals surface area contributed by atoms with Crippen LogP contribution in [0.25, 0.3) is 11.6 Å². The van der Waals surface area contributed by atoms with Gasteiger partial charge in [-0.05, 0) is 40.2 Å². The van der Waals surface area contributed by atoms with Crippen LogP contribution in [0.15, 0.2) is 45.5 Å². The summed E-state index contributed by atoms with van der Waals surface area (Å²) >= 11 is 4.18. The third-order valence-electron chi connectivity index (χ3n) is 2.56. The molecule has 21 heavy (non-hydrogen) atoms. The molecule has 0 fully saturated rings. The van der Waals surface area contributed by atoms with Gasteiger partial charge in [0.05, 0.1) is 5.56 Å². The Labute approximate surface area is 131 Å². The van der Waals surface area contributed by atoms with Crippen LogP contribution in [0, 0.1) is 5.82 Å². The molecular formula is C13H7BrFN3O2S. The minimum atomic E-state index is -0.588. The van der Waals surface area contributed by atoms with Gasteiger partial charge in [0.25, 0.3) is 5.91 Å². The van der Waals surface area contributed by atoms with Gasteiger partial charge >= 0.3 is 0 Å². The Bertz CT molecular complexity index is 802. The van der Waals surface area contributed by atoms with Gasteiger partial charge in [0.15, 0.2) is 10.4 Å². The minimum Gasteiger partial charge on any atom is -0.446 e. The first-order chi connectivity index (χ1) is 10.1. The third-order valence-corrected chi connectivity index (χ3v) is 3.62. The van der Waals surface area contributed by atoms with Crippen LogP contribution in [0.3, 0.4) is 0 Å². The van der Waals surface area contributed by atoms with Gasteiger partial charge in [-0.1, -0.05) is 12.1 Å². The van der Waals surface area contributed by atoms with Crippen molar-refractivity contribution in [2.75, 3.05) is 5.32 Å². The third kappa shape index (κ3) is 3.01. The van der Waals surface area contributed by atoms with Crippen LogP contribution in [-0.4, -0.2) is 15.3 Å². The minimum absolute atomic E-state index is 0.0463. The molecule has 2 aromatic heterocycles. The van der Waals surface area contributed by atoms with Crippen molar-refractivity contribution in [2.24, 2.45) is 0 Å². The highest BCUT2D eigenvalue weighted by Crippen LogP contribution is 2.25. The molecule has 0 radical (unpaired) electrons. The van der Waals surface area contributed by atoms with E-state index < -0.39 is 11.7 Å². The summed E-state index contributed by atoms with van der Waals surface area (Å²) in [5.41, 5.74) is -0.0463. The van der Waals surface area contributed by atoms with E-state index in [2.05, 4.69) is 30.6 Å². The number of nitrogens with zero attached hydrogens (tertiary/aromatic N) is 2. The summed E-state index contributed by atoms with van der Waals surface area (Å²) < 4.78 is 23.5. The number of halogens is 2. The largest absolute Gasteiger partial charge is 0.446 e. The van der Waals surface area contributed by atoms with Crippen LogP contribution < -0.4 is 5.32 Å². The first-order valence-electron chi connectivity index (χ1n) is 5.79. The monoisotopic (exact) mass is 367 g/mol. The van der Waals surface area contributed by atoms with E-state index in [0.29, 0.717) is 16.3 Å². The van der Waals surface area contributed by atoms with Gasteiger partial charge in [-0.25, -0.2) is 4.39 Å². The van der Waals surface area contributed by atoms with E-state index in [1.807, 2.05) is 0 Å². The summed E-state index contributed by atoms with van der Waals surface area (Å²) in [7, 11) is 0. The van der Waals surface area contributed by atoms with Crippen LogP contribution >= 0.6 is 27.5 Å². The molecule has 1 amide bonds. The molecule has 0 aliphatic carbocycles. The molecule has 0 aliphatic heterocycles. The van der Waals surface area contributed by atoms with Crippen molar-refractivity contribution in [1.82, 2.24) is 9.36 Å². The van der Waals surface area contributed by atoms with Gasteiger partial charge in [-0.3, -0.25) is 10.1 Å². The summed E-state index contributed by atoms with van der Waals surface area (Å²) in [5, 5.41) is 2.78. The lowest BCUT2D eigenvalue weighted by Gasteiger charge is -2.01. The Balaban J connectivity index is 1.79. The molecule has 3 aromatic rings. The number of hydrogen-bond donors (Lipinski definition) is 1. The standard InChI is InChI=1S/C13H7BrFN3O2S/c14-10-6-5-9(20-10)11-16-13(21-18-11)17-12(19)7-3-1-2-4-8(7)15/h1-6H,(H,16,17,18,19). The molecular weight excluding hydrogens is 361 g/mol. The van der Waals surface area contributed by atoms with Crippen molar-refractivity contribution in [3.8, 4) is 11.6 Å². The number of carbonyl (C=O) groups is 1. The Morgan fingerprint density at radius 3 is 2.81 bits per heavy atom. The quantitative estimate of drug-likeness (QED) is 0.760. The maximum Gasteiger partial charge on any atom is 0.260 e. The highest BCUT2D eigenvalue weighted by Gasteiger charge is 2.15. The van der Waals surface area contributed by atoms with E-state index in [9.17, 15) is 9.18 Å². The Morgan fingerprint density at radius 2 is 2.10 bits per heavy atom. The number of carbonyl (C=O) groups excluding carboxylic acids is 1. The Kier molecular flexibility index (Phi) is 3.80. The van der Waals surface area contributed by atoms with Crippen molar-refractivity contribution in [1.29, 1.82) is 0 Å². The van der Waals surface area contributed by atoms with Gasteiger partial charge in [0, 0.05) is 11.5 Å². The SMILES string of the molecule is O=C(Nc1nc(-c2ccc(Br)o2)ns1)c1ccccc1F. The lowest BCUT2D eigenvalue weighted by atomic mass is 10.2. The molecule has 0 bridgehead atoms. The number of amides is 1. The topological polar surface area (TPSA) is 68.0 Å². The summed E-state index contributed by atoms with van der Waals surface area (Å²) in [5.74, 6) is -0.329. The zero-order valence-corrected chi connectivity index (χ0v) is 12.7. The predicted molar refractivity (Wildman–Crippen MR) is 79.7 cm³/mol. The lowest BCUT2D eigenvalue weighted by molar-refractivity contribution is 0.102. The molecule has 8 heteroatoms. The first kappa shape index (κ1) is 13.9. The molecule has 0 aliphatic rings. The fraction of sp³-hybridized carbons (Fsp3) is 0. The predicted octanol–water partition coefficient (Wildman–Crippen LogP) is 3.95. The van der Waals surface area contributed by atoms with Crippen LogP contribution in [0.2, 0.25) is 0 Å². The zero-order valence-electron chi connectivity index (χ0n) is 10.3. The fourth-order valence-corrected chi connectivity index (χ4v) is 2.49. The number of aromatic nitrogens is 2. The van der Waals surface area contributed by atoms with E-state index in [1.165, 1.54) is 18.2 Å². The number of rotatable bonds is 3. The fourth-order valence-electron chi connectivity index (χ4n) is 1.62. The second kappa shape index (κ2) is 5.74. The zero-order chi connectivity index (χ0) is 14.8. The average Bonchev–Trinajstić information content (AvgIpc) is 3.08. The molecule has 0 saturated heterocycles.